The molecule has 0 atom stereocenters. The van der Waals surface area contributed by atoms with Crippen molar-refractivity contribution < 1.29 is 0 Å². The predicted octanol–water partition coefficient (Wildman–Crippen LogP) is 3.10. The van der Waals surface area contributed by atoms with Gasteiger partial charge in [0.25, 0.3) is 0 Å². The van der Waals surface area contributed by atoms with Crippen LogP contribution >= 0.6 is 11.6 Å². The average molecular weight is 293 g/mol. The molecule has 0 saturated heterocycles. The molecule has 2 rings (SSSR count). The number of aryl methyl sites for hydroxylation is 1. The van der Waals surface area contributed by atoms with Crippen LogP contribution in [0.2, 0.25) is 5.02 Å². The van der Waals surface area contributed by atoms with Crippen LogP contribution in [-0.4, -0.2) is 21.3 Å². The average Bonchev–Trinajstić information content (AvgIpc) is 2.69. The van der Waals surface area contributed by atoms with Crippen molar-refractivity contribution in [3.05, 3.63) is 46.0 Å². The fourth-order valence-corrected chi connectivity index (χ4v) is 2.41. The lowest BCUT2D eigenvalue weighted by Crippen LogP contribution is -2.15. The van der Waals surface area contributed by atoms with Crippen LogP contribution < -0.4 is 5.32 Å². The van der Waals surface area contributed by atoms with Gasteiger partial charge < -0.3 is 5.32 Å². The van der Waals surface area contributed by atoms with Gasteiger partial charge >= 0.3 is 0 Å². The number of hydrogen-bond acceptors (Lipinski definition) is 3. The highest BCUT2D eigenvalue weighted by molar-refractivity contribution is 6.31. The quantitative estimate of drug-likeness (QED) is 0.832. The Morgan fingerprint density at radius 3 is 2.85 bits per heavy atom. The summed E-state index contributed by atoms with van der Waals surface area (Å²) in [6.45, 7) is 8.91. The maximum atomic E-state index is 6.16. The zero-order valence-electron chi connectivity index (χ0n) is 12.3. The molecule has 0 aliphatic rings. The van der Waals surface area contributed by atoms with Gasteiger partial charge in [0.2, 0.25) is 0 Å². The summed E-state index contributed by atoms with van der Waals surface area (Å²) in [5.41, 5.74) is 4.60. The molecule has 0 radical (unpaired) electrons. The Bertz CT molecular complexity index is 577. The summed E-state index contributed by atoms with van der Waals surface area (Å²) >= 11 is 6.16. The Kier molecular flexibility index (Phi) is 5.15. The summed E-state index contributed by atoms with van der Waals surface area (Å²) < 4.78 is 2.01. The zero-order valence-corrected chi connectivity index (χ0v) is 13.0. The summed E-state index contributed by atoms with van der Waals surface area (Å²) in [7, 11) is 0. The SMILES string of the molecule is CCCNCc1c(C)nn(Cc2ccncc2Cl)c1C. The zero-order chi connectivity index (χ0) is 14.5. The molecule has 0 aromatic carbocycles. The van der Waals surface area contributed by atoms with Crippen molar-refractivity contribution in [2.24, 2.45) is 0 Å². The maximum absolute atomic E-state index is 6.16. The number of nitrogens with zero attached hydrogens (tertiary/aromatic N) is 3. The highest BCUT2D eigenvalue weighted by Gasteiger charge is 2.12. The molecule has 4 nitrogen and oxygen atoms in total. The summed E-state index contributed by atoms with van der Waals surface area (Å²) in [5, 5.41) is 8.74. The number of hydrogen-bond donors (Lipinski definition) is 1. The number of aromatic nitrogens is 3. The molecule has 2 aromatic heterocycles. The van der Waals surface area contributed by atoms with Gasteiger partial charge in [0.15, 0.2) is 0 Å². The van der Waals surface area contributed by atoms with Gasteiger partial charge in [-0.3, -0.25) is 9.67 Å². The first-order chi connectivity index (χ1) is 9.63. The third-order valence-electron chi connectivity index (χ3n) is 3.44. The third kappa shape index (κ3) is 3.38. The fourth-order valence-electron chi connectivity index (χ4n) is 2.23. The maximum Gasteiger partial charge on any atom is 0.0678 e. The van der Waals surface area contributed by atoms with E-state index in [4.69, 9.17) is 11.6 Å². The van der Waals surface area contributed by atoms with Crippen LogP contribution in [0.5, 0.6) is 0 Å². The first kappa shape index (κ1) is 15.0. The monoisotopic (exact) mass is 292 g/mol. The Morgan fingerprint density at radius 1 is 1.35 bits per heavy atom. The van der Waals surface area contributed by atoms with Crippen LogP contribution in [0.3, 0.4) is 0 Å². The van der Waals surface area contributed by atoms with Gasteiger partial charge in [-0.2, -0.15) is 5.10 Å². The third-order valence-corrected chi connectivity index (χ3v) is 3.78. The van der Waals surface area contributed by atoms with Gasteiger partial charge in [-0.05, 0) is 38.4 Å². The summed E-state index contributed by atoms with van der Waals surface area (Å²) in [6.07, 6.45) is 4.57. The number of rotatable bonds is 6. The van der Waals surface area contributed by atoms with Crippen LogP contribution in [0.15, 0.2) is 18.5 Å². The van der Waals surface area contributed by atoms with E-state index < -0.39 is 0 Å². The summed E-state index contributed by atoms with van der Waals surface area (Å²) in [4.78, 5) is 4.01. The van der Waals surface area contributed by atoms with E-state index in [1.54, 1.807) is 12.4 Å². The van der Waals surface area contributed by atoms with Gasteiger partial charge in [0, 0.05) is 30.2 Å². The van der Waals surface area contributed by atoms with Crippen molar-refractivity contribution in [3.8, 4) is 0 Å². The molecule has 108 valence electrons. The molecule has 20 heavy (non-hydrogen) atoms. The molecular formula is C15H21ClN4. The van der Waals surface area contributed by atoms with Crippen molar-refractivity contribution >= 4 is 11.6 Å². The molecule has 1 N–H and O–H groups in total. The molecular weight excluding hydrogens is 272 g/mol. The van der Waals surface area contributed by atoms with E-state index in [1.165, 1.54) is 11.3 Å². The second-order valence-electron chi connectivity index (χ2n) is 4.95. The number of nitrogens with one attached hydrogen (secondary N) is 1. The number of halogens is 1. The smallest absolute Gasteiger partial charge is 0.0678 e. The standard InChI is InChI=1S/C15H21ClN4/c1-4-6-17-8-14-11(2)19-20(12(14)3)10-13-5-7-18-9-15(13)16/h5,7,9,17H,4,6,8,10H2,1-3H3. The molecule has 0 bridgehead atoms. The lowest BCUT2D eigenvalue weighted by molar-refractivity contribution is 0.650. The molecule has 0 unspecified atom stereocenters. The highest BCUT2D eigenvalue weighted by atomic mass is 35.5. The van der Waals surface area contributed by atoms with Gasteiger partial charge in [0.05, 0.1) is 17.3 Å². The molecule has 0 fully saturated rings. The van der Waals surface area contributed by atoms with Crippen molar-refractivity contribution in [3.63, 3.8) is 0 Å². The first-order valence-corrected chi connectivity index (χ1v) is 7.33. The Hall–Kier alpha value is -1.39. The van der Waals surface area contributed by atoms with E-state index in [0.29, 0.717) is 11.6 Å². The van der Waals surface area contributed by atoms with Crippen LogP contribution in [0, 0.1) is 13.8 Å². The van der Waals surface area contributed by atoms with Gasteiger partial charge in [-0.15, -0.1) is 0 Å². The summed E-state index contributed by atoms with van der Waals surface area (Å²) in [5.74, 6) is 0. The Balaban J connectivity index is 2.17. The second-order valence-corrected chi connectivity index (χ2v) is 5.36. The van der Waals surface area contributed by atoms with E-state index >= 15 is 0 Å². The van der Waals surface area contributed by atoms with Gasteiger partial charge in [-0.25, -0.2) is 0 Å². The van der Waals surface area contributed by atoms with E-state index in [2.05, 4.69) is 36.2 Å². The molecule has 5 heteroatoms. The second kappa shape index (κ2) is 6.86. The summed E-state index contributed by atoms with van der Waals surface area (Å²) in [6, 6.07) is 1.94. The molecule has 0 aliphatic carbocycles. The molecule has 0 aliphatic heterocycles. The van der Waals surface area contributed by atoms with E-state index in [1.807, 2.05) is 10.7 Å². The molecule has 2 heterocycles. The minimum atomic E-state index is 0.682. The fraction of sp³-hybridized carbons (Fsp3) is 0.467. The normalized spacial score (nSPS) is 11.0. The molecule has 2 aromatic rings. The van der Waals surface area contributed by atoms with Gasteiger partial charge in [-0.1, -0.05) is 18.5 Å². The Labute approximate surface area is 125 Å². The first-order valence-electron chi connectivity index (χ1n) is 6.95. The minimum absolute atomic E-state index is 0.682. The van der Waals surface area contributed by atoms with Crippen LogP contribution in [0.25, 0.3) is 0 Å². The van der Waals surface area contributed by atoms with Crippen molar-refractivity contribution in [2.75, 3.05) is 6.54 Å². The van der Waals surface area contributed by atoms with Crippen LogP contribution in [-0.2, 0) is 13.1 Å². The number of pyridine rings is 1. The lowest BCUT2D eigenvalue weighted by atomic mass is 10.2. The lowest BCUT2D eigenvalue weighted by Gasteiger charge is -2.07. The van der Waals surface area contributed by atoms with Gasteiger partial charge in [0.1, 0.15) is 0 Å². The minimum Gasteiger partial charge on any atom is -0.313 e. The van der Waals surface area contributed by atoms with Crippen LogP contribution in [0.4, 0.5) is 0 Å². The van der Waals surface area contributed by atoms with Crippen molar-refractivity contribution in [1.82, 2.24) is 20.1 Å². The van der Waals surface area contributed by atoms with Crippen LogP contribution in [0.1, 0.15) is 35.9 Å². The predicted molar refractivity (Wildman–Crippen MR) is 82.0 cm³/mol. The molecule has 0 spiro atoms. The van der Waals surface area contributed by atoms with Crippen molar-refractivity contribution in [1.29, 1.82) is 0 Å². The van der Waals surface area contributed by atoms with E-state index in [0.717, 1.165) is 30.8 Å². The largest absolute Gasteiger partial charge is 0.313 e. The van der Waals surface area contributed by atoms with E-state index in [-0.39, 0.29) is 0 Å². The molecule has 0 saturated carbocycles. The van der Waals surface area contributed by atoms with E-state index in [9.17, 15) is 0 Å². The highest BCUT2D eigenvalue weighted by Crippen LogP contribution is 2.18. The molecule has 0 amide bonds. The Morgan fingerprint density at radius 2 is 2.15 bits per heavy atom. The topological polar surface area (TPSA) is 42.7 Å². The van der Waals surface area contributed by atoms with Crippen molar-refractivity contribution in [2.45, 2.75) is 40.3 Å².